The van der Waals surface area contributed by atoms with Crippen molar-refractivity contribution in [2.24, 2.45) is 0 Å². The molecule has 0 atom stereocenters. The fourth-order valence-corrected chi connectivity index (χ4v) is 4.23. The van der Waals surface area contributed by atoms with Crippen molar-refractivity contribution in [2.75, 3.05) is 21.0 Å². The summed E-state index contributed by atoms with van der Waals surface area (Å²) in [6, 6.07) is 9.90. The number of thiocarbonyl (C=S) groups is 1. The number of hydrogen-bond donors (Lipinski definition) is 1. The zero-order valence-corrected chi connectivity index (χ0v) is 18.1. The Morgan fingerprint density at radius 1 is 1.03 bits per heavy atom. The Labute approximate surface area is 187 Å². The lowest BCUT2D eigenvalue weighted by molar-refractivity contribution is -0.115. The summed E-state index contributed by atoms with van der Waals surface area (Å²) in [7, 11) is 2.90. The summed E-state index contributed by atoms with van der Waals surface area (Å²) < 4.78 is 17.0. The van der Waals surface area contributed by atoms with Crippen LogP contribution in [0, 0.1) is 0 Å². The van der Waals surface area contributed by atoms with Gasteiger partial charge in [0.25, 0.3) is 17.7 Å². The van der Waals surface area contributed by atoms with Crippen LogP contribution < -0.4 is 19.5 Å². The van der Waals surface area contributed by atoms with Gasteiger partial charge in [-0.05, 0) is 35.9 Å². The highest BCUT2D eigenvalue weighted by Crippen LogP contribution is 2.40. The molecule has 158 valence electrons. The van der Waals surface area contributed by atoms with Crippen LogP contribution in [0.15, 0.2) is 41.3 Å². The number of thioether (sulfide) groups is 1. The highest BCUT2D eigenvalue weighted by molar-refractivity contribution is 8.26. The summed E-state index contributed by atoms with van der Waals surface area (Å²) in [5.74, 6) is -0.288. The van der Waals surface area contributed by atoms with E-state index in [9.17, 15) is 14.4 Å². The predicted molar refractivity (Wildman–Crippen MR) is 118 cm³/mol. The lowest BCUT2D eigenvalue weighted by Crippen LogP contribution is -2.33. The van der Waals surface area contributed by atoms with Gasteiger partial charge in [-0.1, -0.05) is 36.1 Å². The van der Waals surface area contributed by atoms with Gasteiger partial charge in [-0.2, -0.15) is 0 Å². The fraction of sp³-hybridized carbons (Fsp3) is 0.143. The van der Waals surface area contributed by atoms with Crippen LogP contribution in [0.1, 0.15) is 26.3 Å². The monoisotopic (exact) mass is 456 g/mol. The van der Waals surface area contributed by atoms with E-state index in [-0.39, 0.29) is 18.4 Å². The molecule has 4 rings (SSSR count). The number of hydrogen-bond acceptors (Lipinski definition) is 8. The van der Waals surface area contributed by atoms with E-state index in [2.05, 4.69) is 5.32 Å². The van der Waals surface area contributed by atoms with Gasteiger partial charge in [-0.15, -0.1) is 0 Å². The second-order valence-electron chi connectivity index (χ2n) is 6.46. The van der Waals surface area contributed by atoms with Gasteiger partial charge in [-0.3, -0.25) is 14.4 Å². The Hall–Kier alpha value is -3.37. The molecule has 0 saturated carbocycles. The Morgan fingerprint density at radius 2 is 1.61 bits per heavy atom. The first-order valence-electron chi connectivity index (χ1n) is 9.02. The van der Waals surface area contributed by atoms with Gasteiger partial charge in [-0.25, -0.2) is 4.90 Å². The first kappa shape index (κ1) is 20.9. The SMILES string of the molecule is COc1cc(/C=C2\SC(=S)NC2=O)cc(OC)c1OCN1C(=O)c2ccccc2C1=O. The maximum Gasteiger partial charge on any atom is 0.264 e. The minimum absolute atomic E-state index is 0.225. The molecule has 2 aliphatic heterocycles. The van der Waals surface area contributed by atoms with Crippen molar-refractivity contribution in [2.45, 2.75) is 0 Å². The molecule has 1 saturated heterocycles. The smallest absolute Gasteiger partial charge is 0.264 e. The number of fused-ring (bicyclic) bond motifs is 1. The molecule has 8 nitrogen and oxygen atoms in total. The van der Waals surface area contributed by atoms with Crippen molar-refractivity contribution in [3.05, 3.63) is 58.0 Å². The predicted octanol–water partition coefficient (Wildman–Crippen LogP) is 2.83. The van der Waals surface area contributed by atoms with Crippen LogP contribution in [0.3, 0.4) is 0 Å². The number of carbonyl (C=O) groups is 3. The van der Waals surface area contributed by atoms with Gasteiger partial charge in [0.05, 0.1) is 30.3 Å². The number of ether oxygens (including phenoxy) is 3. The number of nitrogens with zero attached hydrogens (tertiary/aromatic N) is 1. The molecule has 1 fully saturated rings. The summed E-state index contributed by atoms with van der Waals surface area (Å²) in [4.78, 5) is 38.5. The highest BCUT2D eigenvalue weighted by Gasteiger charge is 2.36. The van der Waals surface area contributed by atoms with Crippen molar-refractivity contribution in [3.8, 4) is 17.2 Å². The number of benzene rings is 2. The van der Waals surface area contributed by atoms with E-state index in [4.69, 9.17) is 26.4 Å². The van der Waals surface area contributed by atoms with Gasteiger partial charge < -0.3 is 19.5 Å². The van der Waals surface area contributed by atoms with Gasteiger partial charge in [0.15, 0.2) is 18.2 Å². The Kier molecular flexibility index (Phi) is 5.66. The quantitative estimate of drug-likeness (QED) is 0.403. The zero-order valence-electron chi connectivity index (χ0n) is 16.5. The maximum atomic E-state index is 12.5. The topological polar surface area (TPSA) is 94.2 Å². The van der Waals surface area contributed by atoms with E-state index in [1.54, 1.807) is 42.5 Å². The van der Waals surface area contributed by atoms with E-state index in [0.717, 1.165) is 16.7 Å². The van der Waals surface area contributed by atoms with Crippen LogP contribution in [0.25, 0.3) is 6.08 Å². The number of nitrogens with one attached hydrogen (secondary N) is 1. The Morgan fingerprint density at radius 3 is 2.10 bits per heavy atom. The van der Waals surface area contributed by atoms with E-state index in [1.165, 1.54) is 14.2 Å². The van der Waals surface area contributed by atoms with Crippen molar-refractivity contribution in [1.82, 2.24) is 10.2 Å². The van der Waals surface area contributed by atoms with Gasteiger partial charge >= 0.3 is 0 Å². The molecule has 0 aromatic heterocycles. The Balaban J connectivity index is 1.60. The number of carbonyl (C=O) groups excluding carboxylic acids is 3. The molecule has 0 spiro atoms. The second-order valence-corrected chi connectivity index (χ2v) is 8.18. The average molecular weight is 457 g/mol. The second kappa shape index (κ2) is 8.40. The molecule has 10 heteroatoms. The van der Waals surface area contributed by atoms with Crippen LogP contribution in [0.5, 0.6) is 17.2 Å². The molecule has 2 heterocycles. The highest BCUT2D eigenvalue weighted by atomic mass is 32.2. The molecule has 31 heavy (non-hydrogen) atoms. The standard InChI is InChI=1S/C21H16N2O6S2/c1-27-14-7-11(9-16-18(24)22-21(30)31-16)8-15(28-2)17(14)29-10-23-19(25)12-5-3-4-6-13(12)20(23)26/h3-9H,10H2,1-2H3,(H,22,24,30)/b16-9-. The van der Waals surface area contributed by atoms with Gasteiger partial charge in [0.1, 0.15) is 4.32 Å². The van der Waals surface area contributed by atoms with Crippen molar-refractivity contribution >= 4 is 52.1 Å². The van der Waals surface area contributed by atoms with E-state index in [0.29, 0.717) is 37.4 Å². The molecule has 3 amide bonds. The van der Waals surface area contributed by atoms with E-state index < -0.39 is 11.8 Å². The molecule has 2 aromatic rings. The van der Waals surface area contributed by atoms with Crippen LogP contribution in [0.2, 0.25) is 0 Å². The van der Waals surface area contributed by atoms with Crippen LogP contribution >= 0.6 is 24.0 Å². The minimum Gasteiger partial charge on any atom is -0.493 e. The maximum absolute atomic E-state index is 12.5. The summed E-state index contributed by atoms with van der Waals surface area (Å²) in [6.07, 6.45) is 1.65. The number of imide groups is 1. The Bertz CT molecular complexity index is 1100. The number of amides is 3. The molecule has 0 radical (unpaired) electrons. The molecule has 0 aliphatic carbocycles. The van der Waals surface area contributed by atoms with Crippen LogP contribution in [-0.2, 0) is 4.79 Å². The van der Waals surface area contributed by atoms with Crippen molar-refractivity contribution < 1.29 is 28.6 Å². The normalized spacial score (nSPS) is 16.6. The molecule has 2 aliphatic rings. The van der Waals surface area contributed by atoms with Gasteiger partial charge in [0.2, 0.25) is 5.75 Å². The number of methoxy groups -OCH3 is 2. The van der Waals surface area contributed by atoms with E-state index in [1.807, 2.05) is 0 Å². The number of rotatable bonds is 6. The summed E-state index contributed by atoms with van der Waals surface area (Å²) in [5, 5.41) is 2.55. The third-order valence-corrected chi connectivity index (χ3v) is 5.80. The zero-order chi connectivity index (χ0) is 22.1. The van der Waals surface area contributed by atoms with Crippen molar-refractivity contribution in [1.29, 1.82) is 0 Å². The third-order valence-electron chi connectivity index (χ3n) is 4.64. The average Bonchev–Trinajstić information content (AvgIpc) is 3.21. The third kappa shape index (κ3) is 3.87. The lowest BCUT2D eigenvalue weighted by atomic mass is 10.1. The molecular formula is C21H16N2O6S2. The van der Waals surface area contributed by atoms with Crippen LogP contribution in [-0.4, -0.2) is 47.9 Å². The molecule has 1 N–H and O–H groups in total. The molecular weight excluding hydrogens is 440 g/mol. The molecule has 2 aromatic carbocycles. The fourth-order valence-electron chi connectivity index (χ4n) is 3.18. The summed E-state index contributed by atoms with van der Waals surface area (Å²) >= 11 is 6.16. The van der Waals surface area contributed by atoms with Gasteiger partial charge in [0, 0.05) is 0 Å². The molecule has 0 unspecified atom stereocenters. The first-order chi connectivity index (χ1) is 14.9. The summed E-state index contributed by atoms with van der Waals surface area (Å²) in [5.41, 5.74) is 1.30. The first-order valence-corrected chi connectivity index (χ1v) is 10.2. The largest absolute Gasteiger partial charge is 0.493 e. The van der Waals surface area contributed by atoms with E-state index >= 15 is 0 Å². The van der Waals surface area contributed by atoms with Crippen molar-refractivity contribution in [3.63, 3.8) is 0 Å². The van der Waals surface area contributed by atoms with Crippen LogP contribution in [0.4, 0.5) is 0 Å². The lowest BCUT2D eigenvalue weighted by Gasteiger charge is -2.19. The summed E-state index contributed by atoms with van der Waals surface area (Å²) in [6.45, 7) is -0.313. The molecule has 0 bridgehead atoms. The minimum atomic E-state index is -0.430.